The van der Waals surface area contributed by atoms with Crippen molar-refractivity contribution in [1.29, 1.82) is 5.26 Å². The minimum atomic E-state index is -4.40. The molecule has 1 atom stereocenters. The summed E-state index contributed by atoms with van der Waals surface area (Å²) < 4.78 is 53.4. The zero-order valence-corrected chi connectivity index (χ0v) is 14.3. The van der Waals surface area contributed by atoms with Gasteiger partial charge in [0.1, 0.15) is 23.9 Å². The molecule has 8 heteroatoms. The first-order valence-corrected chi connectivity index (χ1v) is 7.95. The van der Waals surface area contributed by atoms with E-state index in [0.29, 0.717) is 11.5 Å². The van der Waals surface area contributed by atoms with E-state index in [-0.39, 0.29) is 18.8 Å². The van der Waals surface area contributed by atoms with Gasteiger partial charge < -0.3 is 14.2 Å². The van der Waals surface area contributed by atoms with Gasteiger partial charge in [0.25, 0.3) is 0 Å². The van der Waals surface area contributed by atoms with Crippen LogP contribution in [0.15, 0.2) is 48.5 Å². The van der Waals surface area contributed by atoms with E-state index >= 15 is 0 Å². The van der Waals surface area contributed by atoms with Gasteiger partial charge in [-0.05, 0) is 55.5 Å². The predicted molar refractivity (Wildman–Crippen MR) is 89.2 cm³/mol. The Hall–Kier alpha value is -3.21. The van der Waals surface area contributed by atoms with Crippen LogP contribution in [0.1, 0.15) is 18.9 Å². The summed E-state index contributed by atoms with van der Waals surface area (Å²) in [6.07, 6.45) is -5.15. The number of rotatable bonds is 7. The van der Waals surface area contributed by atoms with Crippen molar-refractivity contribution in [2.75, 3.05) is 6.61 Å². The quantitative estimate of drug-likeness (QED) is 0.514. The van der Waals surface area contributed by atoms with Crippen LogP contribution in [0.5, 0.6) is 17.2 Å². The van der Waals surface area contributed by atoms with Gasteiger partial charge in [-0.25, -0.2) is 4.79 Å². The van der Waals surface area contributed by atoms with E-state index in [4.69, 9.17) is 19.5 Å². The molecule has 0 heterocycles. The van der Waals surface area contributed by atoms with Gasteiger partial charge in [-0.2, -0.15) is 18.4 Å². The standard InChI is InChI=1S/C19H16F3NO4/c1-13(18(24)25-12-2-11-23)26-15-7-9-17(10-8-15)27-16-5-3-14(4-6-16)19(20,21)22/h3-10,13H,2,12H2,1H3. The summed E-state index contributed by atoms with van der Waals surface area (Å²) in [6.45, 7) is 1.52. The van der Waals surface area contributed by atoms with Crippen molar-refractivity contribution in [2.24, 2.45) is 0 Å². The molecule has 2 aromatic carbocycles. The number of nitriles is 1. The van der Waals surface area contributed by atoms with Crippen LogP contribution in [0.25, 0.3) is 0 Å². The Kier molecular flexibility index (Phi) is 6.66. The zero-order valence-electron chi connectivity index (χ0n) is 14.3. The number of esters is 1. The van der Waals surface area contributed by atoms with Gasteiger partial charge in [-0.3, -0.25) is 0 Å². The van der Waals surface area contributed by atoms with Gasteiger partial charge in [-0.1, -0.05) is 0 Å². The second-order valence-electron chi connectivity index (χ2n) is 5.43. The molecule has 0 aliphatic heterocycles. The summed E-state index contributed by atoms with van der Waals surface area (Å²) in [5.41, 5.74) is -0.755. The van der Waals surface area contributed by atoms with Crippen molar-refractivity contribution in [3.63, 3.8) is 0 Å². The molecule has 0 N–H and O–H groups in total. The normalized spacial score (nSPS) is 12.0. The molecule has 0 amide bonds. The largest absolute Gasteiger partial charge is 0.479 e. The molecule has 142 valence electrons. The van der Waals surface area contributed by atoms with E-state index in [1.54, 1.807) is 24.3 Å². The summed E-state index contributed by atoms with van der Waals surface area (Å²) >= 11 is 0. The van der Waals surface area contributed by atoms with Gasteiger partial charge in [0.05, 0.1) is 18.1 Å². The first-order chi connectivity index (χ1) is 12.8. The molecule has 0 saturated carbocycles. The molecule has 0 fully saturated rings. The van der Waals surface area contributed by atoms with E-state index in [2.05, 4.69) is 0 Å². The number of alkyl halides is 3. The van der Waals surface area contributed by atoms with E-state index in [9.17, 15) is 18.0 Å². The minimum Gasteiger partial charge on any atom is -0.479 e. The molecular formula is C19H16F3NO4. The zero-order chi connectivity index (χ0) is 19.9. The van der Waals surface area contributed by atoms with E-state index in [1.807, 2.05) is 6.07 Å². The molecule has 0 radical (unpaired) electrons. The highest BCUT2D eigenvalue weighted by molar-refractivity contribution is 5.74. The van der Waals surface area contributed by atoms with Crippen molar-refractivity contribution < 1.29 is 32.2 Å². The van der Waals surface area contributed by atoms with Gasteiger partial charge in [-0.15, -0.1) is 0 Å². The summed E-state index contributed by atoms with van der Waals surface area (Å²) in [5, 5.41) is 8.40. The van der Waals surface area contributed by atoms with Crippen LogP contribution in [-0.4, -0.2) is 18.7 Å². The summed E-state index contributed by atoms with van der Waals surface area (Å²) in [7, 11) is 0. The Bertz CT molecular complexity index is 796. The van der Waals surface area contributed by atoms with E-state index in [1.165, 1.54) is 19.1 Å². The van der Waals surface area contributed by atoms with Crippen LogP contribution in [0.4, 0.5) is 13.2 Å². The lowest BCUT2D eigenvalue weighted by Gasteiger charge is -2.14. The van der Waals surface area contributed by atoms with Crippen molar-refractivity contribution >= 4 is 5.97 Å². The molecule has 2 rings (SSSR count). The fraction of sp³-hybridized carbons (Fsp3) is 0.263. The van der Waals surface area contributed by atoms with Crippen molar-refractivity contribution in [1.82, 2.24) is 0 Å². The number of hydrogen-bond acceptors (Lipinski definition) is 5. The maximum Gasteiger partial charge on any atom is 0.416 e. The maximum atomic E-state index is 12.5. The van der Waals surface area contributed by atoms with Gasteiger partial charge in [0.2, 0.25) is 0 Å². The molecule has 2 aromatic rings. The summed E-state index contributed by atoms with van der Waals surface area (Å²) in [4.78, 5) is 11.7. The molecule has 0 aliphatic rings. The molecule has 1 unspecified atom stereocenters. The average molecular weight is 379 g/mol. The lowest BCUT2D eigenvalue weighted by Crippen LogP contribution is -2.26. The topological polar surface area (TPSA) is 68.6 Å². The molecule has 5 nitrogen and oxygen atoms in total. The molecule has 0 aliphatic carbocycles. The van der Waals surface area contributed by atoms with Gasteiger partial charge >= 0.3 is 12.1 Å². The number of carbonyl (C=O) groups is 1. The second-order valence-corrected chi connectivity index (χ2v) is 5.43. The Morgan fingerprint density at radius 3 is 2.07 bits per heavy atom. The molecule has 27 heavy (non-hydrogen) atoms. The Morgan fingerprint density at radius 2 is 1.56 bits per heavy atom. The molecule has 0 spiro atoms. The maximum absolute atomic E-state index is 12.5. The average Bonchev–Trinajstić information content (AvgIpc) is 2.63. The molecule has 0 aromatic heterocycles. The van der Waals surface area contributed by atoms with Crippen LogP contribution in [0.2, 0.25) is 0 Å². The van der Waals surface area contributed by atoms with Crippen LogP contribution in [-0.2, 0) is 15.7 Å². The summed E-state index contributed by atoms with van der Waals surface area (Å²) in [5.74, 6) is 0.451. The van der Waals surface area contributed by atoms with Crippen molar-refractivity contribution in [3.05, 3.63) is 54.1 Å². The number of carbonyl (C=O) groups excluding carboxylic acids is 1. The third-order valence-electron chi connectivity index (χ3n) is 3.34. The highest BCUT2D eigenvalue weighted by Gasteiger charge is 2.30. The summed E-state index contributed by atoms with van der Waals surface area (Å²) in [6, 6.07) is 12.4. The number of ether oxygens (including phenoxy) is 3. The van der Waals surface area contributed by atoms with Gasteiger partial charge in [0.15, 0.2) is 6.10 Å². The minimum absolute atomic E-state index is 0.00292. The van der Waals surface area contributed by atoms with Crippen LogP contribution in [0.3, 0.4) is 0 Å². The lowest BCUT2D eigenvalue weighted by atomic mass is 10.2. The van der Waals surface area contributed by atoms with E-state index in [0.717, 1.165) is 12.1 Å². The first kappa shape index (κ1) is 20.1. The Balaban J connectivity index is 1.91. The fourth-order valence-electron chi connectivity index (χ4n) is 2.00. The van der Waals surface area contributed by atoms with Crippen LogP contribution >= 0.6 is 0 Å². The first-order valence-electron chi connectivity index (χ1n) is 7.95. The van der Waals surface area contributed by atoms with Crippen molar-refractivity contribution in [2.45, 2.75) is 25.6 Å². The smallest absolute Gasteiger partial charge is 0.416 e. The Labute approximate surface area is 153 Å². The lowest BCUT2D eigenvalue weighted by molar-refractivity contribution is -0.150. The number of halogens is 3. The van der Waals surface area contributed by atoms with E-state index < -0.39 is 23.8 Å². The van der Waals surface area contributed by atoms with Crippen molar-refractivity contribution in [3.8, 4) is 23.3 Å². The number of benzene rings is 2. The van der Waals surface area contributed by atoms with Crippen LogP contribution < -0.4 is 9.47 Å². The Morgan fingerprint density at radius 1 is 1.04 bits per heavy atom. The fourth-order valence-corrected chi connectivity index (χ4v) is 2.00. The molecule has 0 bridgehead atoms. The second kappa shape index (κ2) is 8.94. The third-order valence-corrected chi connectivity index (χ3v) is 3.34. The SMILES string of the molecule is CC(Oc1ccc(Oc2ccc(C(F)(F)F)cc2)cc1)C(=O)OCCC#N. The predicted octanol–water partition coefficient (Wildman–Crippen LogP) is 4.72. The van der Waals surface area contributed by atoms with Crippen LogP contribution in [0, 0.1) is 11.3 Å². The molecular weight excluding hydrogens is 363 g/mol. The highest BCUT2D eigenvalue weighted by Crippen LogP contribution is 2.31. The van der Waals surface area contributed by atoms with Gasteiger partial charge in [0, 0.05) is 0 Å². The highest BCUT2D eigenvalue weighted by atomic mass is 19.4. The molecule has 0 saturated heterocycles. The third kappa shape index (κ3) is 6.22. The number of hydrogen-bond donors (Lipinski definition) is 0. The number of nitrogens with zero attached hydrogens (tertiary/aromatic N) is 1. The monoisotopic (exact) mass is 379 g/mol.